The van der Waals surface area contributed by atoms with E-state index < -0.39 is 0 Å². The van der Waals surface area contributed by atoms with Crippen LogP contribution in [0.2, 0.25) is 0 Å². The SMILES string of the molecule is [CH]CC(=C)C(=O)OCCCCCCCCCCCC. The molecule has 0 aliphatic carbocycles. The van der Waals surface area contributed by atoms with Gasteiger partial charge in [-0.05, 0) is 19.8 Å². The lowest BCUT2D eigenvalue weighted by Gasteiger charge is -2.05. The van der Waals surface area contributed by atoms with E-state index in [0.29, 0.717) is 12.2 Å². The molecule has 0 aliphatic rings. The summed E-state index contributed by atoms with van der Waals surface area (Å²) in [5, 5.41) is 0. The molecule has 0 aromatic heterocycles. The average Bonchev–Trinajstić information content (AvgIpc) is 2.43. The number of esters is 1. The van der Waals surface area contributed by atoms with E-state index in [4.69, 9.17) is 11.7 Å². The molecule has 0 fully saturated rings. The van der Waals surface area contributed by atoms with Gasteiger partial charge < -0.3 is 4.74 Å². The summed E-state index contributed by atoms with van der Waals surface area (Å²) in [6.07, 6.45) is 13.0. The highest BCUT2D eigenvalue weighted by atomic mass is 16.5. The number of unbranched alkanes of at least 4 members (excludes halogenated alkanes) is 9. The van der Waals surface area contributed by atoms with Crippen molar-refractivity contribution in [3.05, 3.63) is 19.1 Å². The Morgan fingerprint density at radius 3 is 1.89 bits per heavy atom. The van der Waals surface area contributed by atoms with Gasteiger partial charge in [0.1, 0.15) is 0 Å². The molecule has 0 bridgehead atoms. The molecular formula is C17H30O2. The predicted octanol–water partition coefficient (Wildman–Crippen LogP) is 5.11. The van der Waals surface area contributed by atoms with E-state index in [2.05, 4.69) is 13.5 Å². The predicted molar refractivity (Wildman–Crippen MR) is 80.9 cm³/mol. The number of carbonyl (C=O) groups excluding carboxylic acids is 1. The highest BCUT2D eigenvalue weighted by molar-refractivity contribution is 5.87. The maximum absolute atomic E-state index is 11.2. The van der Waals surface area contributed by atoms with E-state index in [9.17, 15) is 4.79 Å². The maximum atomic E-state index is 11.2. The summed E-state index contributed by atoms with van der Waals surface area (Å²) in [6.45, 7) is 11.6. The third-order valence-corrected chi connectivity index (χ3v) is 3.27. The Balaban J connectivity index is 3.15. The summed E-state index contributed by atoms with van der Waals surface area (Å²) in [4.78, 5) is 11.2. The third kappa shape index (κ3) is 12.0. The second-order valence-electron chi connectivity index (χ2n) is 5.13. The van der Waals surface area contributed by atoms with Gasteiger partial charge in [-0.1, -0.05) is 71.3 Å². The number of ether oxygens (including phenoxy) is 1. The van der Waals surface area contributed by atoms with Crippen LogP contribution in [-0.2, 0) is 9.53 Å². The van der Waals surface area contributed by atoms with Crippen LogP contribution in [-0.4, -0.2) is 12.6 Å². The fraction of sp³-hybridized carbons (Fsp3) is 0.765. The molecular weight excluding hydrogens is 236 g/mol. The Morgan fingerprint density at radius 1 is 0.947 bits per heavy atom. The van der Waals surface area contributed by atoms with Crippen LogP contribution in [0.5, 0.6) is 0 Å². The molecule has 2 radical (unpaired) electrons. The van der Waals surface area contributed by atoms with Crippen molar-refractivity contribution in [1.82, 2.24) is 0 Å². The zero-order valence-corrected chi connectivity index (χ0v) is 12.6. The maximum Gasteiger partial charge on any atom is 0.333 e. The first-order chi connectivity index (χ1) is 9.22. The summed E-state index contributed by atoms with van der Waals surface area (Å²) in [7, 11) is 0. The zero-order chi connectivity index (χ0) is 14.3. The van der Waals surface area contributed by atoms with Crippen LogP contribution in [0.15, 0.2) is 12.2 Å². The first-order valence-corrected chi connectivity index (χ1v) is 7.77. The van der Waals surface area contributed by atoms with Crippen LogP contribution in [0.3, 0.4) is 0 Å². The van der Waals surface area contributed by atoms with Crippen molar-refractivity contribution < 1.29 is 9.53 Å². The van der Waals surface area contributed by atoms with Crippen LogP contribution in [0, 0.1) is 6.92 Å². The number of rotatable bonds is 13. The minimum absolute atomic E-state index is 0.177. The van der Waals surface area contributed by atoms with Crippen LogP contribution in [0.1, 0.15) is 77.6 Å². The van der Waals surface area contributed by atoms with Crippen molar-refractivity contribution in [2.24, 2.45) is 0 Å². The van der Waals surface area contributed by atoms with Gasteiger partial charge in [-0.25, -0.2) is 4.79 Å². The highest BCUT2D eigenvalue weighted by Crippen LogP contribution is 2.10. The smallest absolute Gasteiger partial charge is 0.333 e. The van der Waals surface area contributed by atoms with E-state index in [1.165, 1.54) is 51.4 Å². The normalized spacial score (nSPS) is 10.4. The van der Waals surface area contributed by atoms with Gasteiger partial charge in [0.25, 0.3) is 0 Å². The Kier molecular flexibility index (Phi) is 13.1. The fourth-order valence-corrected chi connectivity index (χ4v) is 1.94. The summed E-state index contributed by atoms with van der Waals surface area (Å²) in [5.74, 6) is -0.349. The van der Waals surface area contributed by atoms with E-state index in [1.807, 2.05) is 0 Å². The Morgan fingerprint density at radius 2 is 1.42 bits per heavy atom. The highest BCUT2D eigenvalue weighted by Gasteiger charge is 2.04. The molecule has 2 heteroatoms. The second-order valence-corrected chi connectivity index (χ2v) is 5.13. The molecule has 0 rings (SSSR count). The Bertz CT molecular complexity index is 233. The molecule has 0 atom stereocenters. The summed E-state index contributed by atoms with van der Waals surface area (Å²) < 4.78 is 5.05. The molecule has 0 saturated heterocycles. The number of hydrogen-bond donors (Lipinski definition) is 0. The molecule has 0 unspecified atom stereocenters. The van der Waals surface area contributed by atoms with Crippen molar-refractivity contribution >= 4 is 5.97 Å². The van der Waals surface area contributed by atoms with Crippen LogP contribution < -0.4 is 0 Å². The van der Waals surface area contributed by atoms with Gasteiger partial charge in [-0.3, -0.25) is 0 Å². The third-order valence-electron chi connectivity index (χ3n) is 3.27. The van der Waals surface area contributed by atoms with Crippen molar-refractivity contribution in [2.75, 3.05) is 6.61 Å². The van der Waals surface area contributed by atoms with Crippen molar-refractivity contribution in [3.8, 4) is 0 Å². The molecule has 2 nitrogen and oxygen atoms in total. The second kappa shape index (κ2) is 13.6. The fourth-order valence-electron chi connectivity index (χ4n) is 1.94. The first kappa shape index (κ1) is 18.2. The van der Waals surface area contributed by atoms with E-state index in [-0.39, 0.29) is 12.4 Å². The molecule has 0 aromatic rings. The minimum atomic E-state index is -0.349. The van der Waals surface area contributed by atoms with Gasteiger partial charge in [0.15, 0.2) is 0 Å². The summed E-state index contributed by atoms with van der Waals surface area (Å²) in [6, 6.07) is 0. The van der Waals surface area contributed by atoms with E-state index >= 15 is 0 Å². The lowest BCUT2D eigenvalue weighted by Crippen LogP contribution is -2.07. The Labute approximate surface area is 119 Å². The van der Waals surface area contributed by atoms with Gasteiger partial charge >= 0.3 is 5.97 Å². The van der Waals surface area contributed by atoms with Gasteiger partial charge in [0.05, 0.1) is 6.61 Å². The van der Waals surface area contributed by atoms with Crippen molar-refractivity contribution in [2.45, 2.75) is 77.6 Å². The van der Waals surface area contributed by atoms with Crippen LogP contribution >= 0.6 is 0 Å². The number of hydrogen-bond acceptors (Lipinski definition) is 2. The van der Waals surface area contributed by atoms with Crippen molar-refractivity contribution in [3.63, 3.8) is 0 Å². The van der Waals surface area contributed by atoms with Gasteiger partial charge in [0.2, 0.25) is 0 Å². The van der Waals surface area contributed by atoms with Crippen LogP contribution in [0.25, 0.3) is 0 Å². The zero-order valence-electron chi connectivity index (χ0n) is 12.6. The lowest BCUT2D eigenvalue weighted by atomic mass is 10.1. The van der Waals surface area contributed by atoms with E-state index in [0.717, 1.165) is 12.8 Å². The number of carbonyl (C=O) groups is 1. The molecule has 0 aromatic carbocycles. The monoisotopic (exact) mass is 266 g/mol. The summed E-state index contributed by atoms with van der Waals surface area (Å²) in [5.41, 5.74) is 0.354. The molecule has 0 N–H and O–H groups in total. The minimum Gasteiger partial charge on any atom is -0.462 e. The molecule has 0 saturated carbocycles. The molecule has 19 heavy (non-hydrogen) atoms. The molecule has 0 heterocycles. The van der Waals surface area contributed by atoms with Crippen molar-refractivity contribution in [1.29, 1.82) is 0 Å². The van der Waals surface area contributed by atoms with Gasteiger partial charge in [-0.15, -0.1) is 0 Å². The summed E-state index contributed by atoms with van der Waals surface area (Å²) >= 11 is 0. The van der Waals surface area contributed by atoms with Crippen LogP contribution in [0.4, 0.5) is 0 Å². The molecule has 0 spiro atoms. The topological polar surface area (TPSA) is 26.3 Å². The Hall–Kier alpha value is -0.790. The molecule has 110 valence electrons. The standard InChI is InChI=1S/C17H30O2/c1-4-6-7-8-9-10-11-12-13-14-15-19-17(18)16(3)5-2/h2H,3-15H2,1H3. The quantitative estimate of drug-likeness (QED) is 0.263. The molecule has 0 aliphatic heterocycles. The van der Waals surface area contributed by atoms with Gasteiger partial charge in [0, 0.05) is 5.57 Å². The average molecular weight is 266 g/mol. The lowest BCUT2D eigenvalue weighted by molar-refractivity contribution is -0.139. The largest absolute Gasteiger partial charge is 0.462 e. The molecule has 0 amide bonds. The van der Waals surface area contributed by atoms with E-state index in [1.54, 1.807) is 0 Å². The first-order valence-electron chi connectivity index (χ1n) is 7.77. The van der Waals surface area contributed by atoms with Gasteiger partial charge in [-0.2, -0.15) is 0 Å².